The maximum Gasteiger partial charge on any atom is 0.266 e. The fourth-order valence-electron chi connectivity index (χ4n) is 3.02. The number of nitrogens with one attached hydrogen (secondary N) is 2. The molecule has 3 rings (SSSR count). The largest absolute Gasteiger partial charge is 0.495 e. The molecule has 0 spiro atoms. The van der Waals surface area contributed by atoms with Crippen molar-refractivity contribution in [3.63, 3.8) is 0 Å². The van der Waals surface area contributed by atoms with Crippen molar-refractivity contribution < 1.29 is 19.1 Å². The lowest BCUT2D eigenvalue weighted by Gasteiger charge is -2.11. The number of anilines is 2. The monoisotopic (exact) mass is 519 g/mol. The van der Waals surface area contributed by atoms with E-state index in [1.54, 1.807) is 42.5 Å². The third-order valence-electron chi connectivity index (χ3n) is 4.77. The maximum absolute atomic E-state index is 12.5. The molecule has 7 nitrogen and oxygen atoms in total. The Morgan fingerprint density at radius 1 is 1.00 bits per heavy atom. The number of amides is 2. The van der Waals surface area contributed by atoms with Crippen molar-refractivity contribution in [1.29, 1.82) is 5.26 Å². The summed E-state index contributed by atoms with van der Waals surface area (Å²) in [7, 11) is 1.53. The summed E-state index contributed by atoms with van der Waals surface area (Å²) in [5.41, 5.74) is 2.66. The smallest absolute Gasteiger partial charge is 0.266 e. The number of benzene rings is 3. The molecule has 2 N–H and O–H groups in total. The molecule has 0 aliphatic heterocycles. The average molecular weight is 520 g/mol. The first-order valence-corrected chi connectivity index (χ1v) is 11.0. The molecule has 0 unspecified atom stereocenters. The topological polar surface area (TPSA) is 100 Å². The summed E-state index contributed by atoms with van der Waals surface area (Å²) in [6, 6.07) is 21.4. The molecular weight excluding hydrogens is 498 g/mol. The lowest BCUT2D eigenvalue weighted by molar-refractivity contribution is -0.118. The molecule has 0 heterocycles. The highest BCUT2D eigenvalue weighted by Crippen LogP contribution is 2.28. The Morgan fingerprint density at radius 3 is 2.38 bits per heavy atom. The van der Waals surface area contributed by atoms with E-state index in [4.69, 9.17) is 9.47 Å². The third kappa shape index (κ3) is 6.47. The number of para-hydroxylation sites is 3. The van der Waals surface area contributed by atoms with Crippen LogP contribution in [0.25, 0.3) is 6.08 Å². The van der Waals surface area contributed by atoms with Crippen LogP contribution in [0.1, 0.15) is 11.1 Å². The van der Waals surface area contributed by atoms with Crippen LogP contribution in [0.15, 0.2) is 76.8 Å². The second-order valence-electron chi connectivity index (χ2n) is 7.17. The highest BCUT2D eigenvalue weighted by atomic mass is 79.9. The predicted octanol–water partition coefficient (Wildman–Crippen LogP) is 5.33. The molecule has 0 fully saturated rings. The van der Waals surface area contributed by atoms with Crippen molar-refractivity contribution in [3.05, 3.63) is 87.9 Å². The van der Waals surface area contributed by atoms with E-state index in [1.165, 1.54) is 13.2 Å². The SMILES string of the molecule is COc1ccccc1NC(=O)COc1ccc(/C=C(/C#N)C(=O)Nc2ccccc2C)cc1Br. The van der Waals surface area contributed by atoms with Crippen LogP contribution < -0.4 is 20.1 Å². The van der Waals surface area contributed by atoms with Gasteiger partial charge in [0.15, 0.2) is 6.61 Å². The number of methoxy groups -OCH3 is 1. The normalized spacial score (nSPS) is 10.7. The summed E-state index contributed by atoms with van der Waals surface area (Å²) in [5.74, 6) is 0.143. The van der Waals surface area contributed by atoms with Crippen LogP contribution in [0.2, 0.25) is 0 Å². The van der Waals surface area contributed by atoms with Crippen LogP contribution in [-0.2, 0) is 9.59 Å². The van der Waals surface area contributed by atoms with Crippen LogP contribution in [0.4, 0.5) is 11.4 Å². The number of carbonyl (C=O) groups excluding carboxylic acids is 2. The molecule has 34 heavy (non-hydrogen) atoms. The summed E-state index contributed by atoms with van der Waals surface area (Å²) in [4.78, 5) is 24.8. The summed E-state index contributed by atoms with van der Waals surface area (Å²) in [6.45, 7) is 1.66. The summed E-state index contributed by atoms with van der Waals surface area (Å²) >= 11 is 3.41. The third-order valence-corrected chi connectivity index (χ3v) is 5.38. The molecule has 8 heteroatoms. The summed E-state index contributed by atoms with van der Waals surface area (Å²) in [6.07, 6.45) is 1.48. The zero-order valence-electron chi connectivity index (χ0n) is 18.6. The second-order valence-corrected chi connectivity index (χ2v) is 8.02. The molecule has 0 aromatic heterocycles. The number of nitrogens with zero attached hydrogens (tertiary/aromatic N) is 1. The van der Waals surface area contributed by atoms with Crippen LogP contribution in [0.3, 0.4) is 0 Å². The van der Waals surface area contributed by atoms with Gasteiger partial charge < -0.3 is 20.1 Å². The van der Waals surface area contributed by atoms with Gasteiger partial charge in [-0.05, 0) is 70.4 Å². The minimum absolute atomic E-state index is 0.0417. The Bertz CT molecular complexity index is 1280. The molecule has 0 aliphatic rings. The van der Waals surface area contributed by atoms with Gasteiger partial charge in [0.1, 0.15) is 23.1 Å². The Kier molecular flexibility index (Phi) is 8.43. The summed E-state index contributed by atoms with van der Waals surface area (Å²) < 4.78 is 11.4. The van der Waals surface area contributed by atoms with Gasteiger partial charge in [0, 0.05) is 5.69 Å². The molecule has 3 aromatic rings. The minimum Gasteiger partial charge on any atom is -0.495 e. The van der Waals surface area contributed by atoms with Crippen molar-refractivity contribution in [1.82, 2.24) is 0 Å². The van der Waals surface area contributed by atoms with Crippen LogP contribution >= 0.6 is 15.9 Å². The number of ether oxygens (including phenoxy) is 2. The first kappa shape index (κ1) is 24.6. The first-order valence-electron chi connectivity index (χ1n) is 10.2. The van der Waals surface area contributed by atoms with Gasteiger partial charge in [-0.3, -0.25) is 9.59 Å². The molecule has 0 bridgehead atoms. The van der Waals surface area contributed by atoms with Gasteiger partial charge in [-0.25, -0.2) is 0 Å². The average Bonchev–Trinajstić information content (AvgIpc) is 2.83. The number of hydrogen-bond donors (Lipinski definition) is 2. The maximum atomic E-state index is 12.5. The van der Waals surface area contributed by atoms with Crippen molar-refractivity contribution in [2.24, 2.45) is 0 Å². The van der Waals surface area contributed by atoms with Gasteiger partial charge in [0.2, 0.25) is 0 Å². The highest BCUT2D eigenvalue weighted by molar-refractivity contribution is 9.10. The van der Waals surface area contributed by atoms with E-state index in [9.17, 15) is 14.9 Å². The van der Waals surface area contributed by atoms with Crippen molar-refractivity contribution >= 4 is 45.2 Å². The van der Waals surface area contributed by atoms with Crippen molar-refractivity contribution in [2.75, 3.05) is 24.4 Å². The molecule has 172 valence electrons. The Balaban J connectivity index is 1.65. The molecule has 0 saturated carbocycles. The number of carbonyl (C=O) groups is 2. The predicted molar refractivity (Wildman–Crippen MR) is 135 cm³/mol. The van der Waals surface area contributed by atoms with E-state index >= 15 is 0 Å². The Hall–Kier alpha value is -4.09. The molecule has 0 saturated heterocycles. The van der Waals surface area contributed by atoms with E-state index in [0.29, 0.717) is 32.9 Å². The lowest BCUT2D eigenvalue weighted by Crippen LogP contribution is -2.20. The van der Waals surface area contributed by atoms with Crippen LogP contribution in [-0.4, -0.2) is 25.5 Å². The fourth-order valence-corrected chi connectivity index (χ4v) is 3.53. The standard InChI is InChI=1S/C26H22BrN3O4/c1-17-7-3-4-8-21(17)30-26(32)19(15-28)13-18-11-12-23(20(27)14-18)34-16-25(31)29-22-9-5-6-10-24(22)33-2/h3-14H,16H2,1-2H3,(H,29,31)(H,30,32)/b19-13-. The van der Waals surface area contributed by atoms with Crippen LogP contribution in [0, 0.1) is 18.3 Å². The molecule has 0 aliphatic carbocycles. The molecule has 2 amide bonds. The number of halogens is 1. The first-order chi connectivity index (χ1) is 16.4. The highest BCUT2D eigenvalue weighted by Gasteiger charge is 2.12. The Morgan fingerprint density at radius 2 is 1.71 bits per heavy atom. The molecular formula is C26H22BrN3O4. The lowest BCUT2D eigenvalue weighted by atomic mass is 10.1. The van der Waals surface area contributed by atoms with Gasteiger partial charge >= 0.3 is 0 Å². The van der Waals surface area contributed by atoms with Crippen LogP contribution in [0.5, 0.6) is 11.5 Å². The van der Waals surface area contributed by atoms with E-state index in [1.807, 2.05) is 37.3 Å². The van der Waals surface area contributed by atoms with Crippen molar-refractivity contribution in [3.8, 4) is 17.6 Å². The van der Waals surface area contributed by atoms with Gasteiger partial charge in [-0.2, -0.15) is 5.26 Å². The quantitative estimate of drug-likeness (QED) is 0.309. The number of nitriles is 1. The number of rotatable bonds is 8. The van der Waals surface area contributed by atoms with Gasteiger partial charge in [-0.1, -0.05) is 36.4 Å². The van der Waals surface area contributed by atoms with Gasteiger partial charge in [0.25, 0.3) is 11.8 Å². The molecule has 3 aromatic carbocycles. The zero-order chi connectivity index (χ0) is 24.5. The van der Waals surface area contributed by atoms with Gasteiger partial charge in [-0.15, -0.1) is 0 Å². The molecule has 0 radical (unpaired) electrons. The van der Waals surface area contributed by atoms with Crippen molar-refractivity contribution in [2.45, 2.75) is 6.92 Å². The van der Waals surface area contributed by atoms with E-state index in [0.717, 1.165) is 5.56 Å². The minimum atomic E-state index is -0.499. The number of hydrogen-bond acceptors (Lipinski definition) is 5. The molecule has 0 atom stereocenters. The zero-order valence-corrected chi connectivity index (χ0v) is 20.2. The van der Waals surface area contributed by atoms with E-state index in [-0.39, 0.29) is 18.1 Å². The van der Waals surface area contributed by atoms with Gasteiger partial charge in [0.05, 0.1) is 17.3 Å². The second kappa shape index (κ2) is 11.7. The van der Waals surface area contributed by atoms with E-state index < -0.39 is 5.91 Å². The Labute approximate surface area is 206 Å². The number of aryl methyl sites for hydroxylation is 1. The fraction of sp³-hybridized carbons (Fsp3) is 0.115. The summed E-state index contributed by atoms with van der Waals surface area (Å²) in [5, 5.41) is 15.0. The van der Waals surface area contributed by atoms with E-state index in [2.05, 4.69) is 26.6 Å².